The molecule has 0 bridgehead atoms. The molecule has 0 saturated carbocycles. The van der Waals surface area contributed by atoms with E-state index in [0.717, 1.165) is 28.3 Å². The largest absolute Gasteiger partial charge is 0.497 e. The zero-order valence-corrected chi connectivity index (χ0v) is 16.6. The van der Waals surface area contributed by atoms with Gasteiger partial charge in [-0.2, -0.15) is 0 Å². The highest BCUT2D eigenvalue weighted by molar-refractivity contribution is 7.99. The lowest BCUT2D eigenvalue weighted by atomic mass is 10.1. The van der Waals surface area contributed by atoms with Crippen LogP contribution in [0, 0.1) is 0 Å². The van der Waals surface area contributed by atoms with E-state index >= 15 is 0 Å². The van der Waals surface area contributed by atoms with E-state index in [2.05, 4.69) is 15.5 Å². The number of ether oxygens (including phenoxy) is 3. The lowest BCUT2D eigenvalue weighted by Crippen LogP contribution is -2.24. The van der Waals surface area contributed by atoms with Crippen LogP contribution >= 0.6 is 11.8 Å². The molecule has 148 valence electrons. The predicted molar refractivity (Wildman–Crippen MR) is 109 cm³/mol. The predicted octanol–water partition coefficient (Wildman–Crippen LogP) is 3.29. The van der Waals surface area contributed by atoms with Gasteiger partial charge in [0.1, 0.15) is 10.8 Å². The molecule has 0 fully saturated rings. The van der Waals surface area contributed by atoms with E-state index in [1.54, 1.807) is 7.11 Å². The molecule has 2 heterocycles. The Morgan fingerprint density at radius 3 is 2.83 bits per heavy atom. The van der Waals surface area contributed by atoms with E-state index in [1.807, 2.05) is 54.6 Å². The Morgan fingerprint density at radius 1 is 1.10 bits per heavy atom. The minimum Gasteiger partial charge on any atom is -0.497 e. The van der Waals surface area contributed by atoms with Crippen molar-refractivity contribution >= 4 is 17.7 Å². The van der Waals surface area contributed by atoms with Gasteiger partial charge in [0, 0.05) is 12.1 Å². The topological polar surface area (TPSA) is 82.6 Å². The van der Waals surface area contributed by atoms with Gasteiger partial charge in [0.15, 0.2) is 11.5 Å². The number of carbonyl (C=O) groups is 1. The monoisotopic (exact) mass is 409 g/mol. The quantitative estimate of drug-likeness (QED) is 0.600. The molecule has 1 N–H and O–H groups in total. The number of methoxy groups -OCH3 is 1. The SMILES string of the molecule is COc1cccc(-c2ccc(SCC(=O)NCc3ccc4c(c3)OCO4)nn2)c1. The summed E-state index contributed by atoms with van der Waals surface area (Å²) in [7, 11) is 1.63. The molecule has 0 atom stereocenters. The summed E-state index contributed by atoms with van der Waals surface area (Å²) < 4.78 is 15.9. The maximum atomic E-state index is 12.1. The van der Waals surface area contributed by atoms with E-state index in [0.29, 0.717) is 17.3 Å². The number of thioether (sulfide) groups is 1. The molecule has 29 heavy (non-hydrogen) atoms. The Balaban J connectivity index is 1.28. The fraction of sp³-hybridized carbons (Fsp3) is 0.190. The minimum atomic E-state index is -0.0775. The summed E-state index contributed by atoms with van der Waals surface area (Å²) in [6.45, 7) is 0.663. The summed E-state index contributed by atoms with van der Waals surface area (Å²) >= 11 is 1.34. The molecule has 7 nitrogen and oxygen atoms in total. The number of carbonyl (C=O) groups excluding carboxylic acids is 1. The number of rotatable bonds is 7. The van der Waals surface area contributed by atoms with Crippen molar-refractivity contribution in [1.29, 1.82) is 0 Å². The van der Waals surface area contributed by atoms with Gasteiger partial charge in [-0.25, -0.2) is 0 Å². The van der Waals surface area contributed by atoms with Crippen LogP contribution in [0.15, 0.2) is 59.6 Å². The molecule has 4 rings (SSSR count). The van der Waals surface area contributed by atoms with Crippen LogP contribution in [-0.2, 0) is 11.3 Å². The number of nitrogens with one attached hydrogen (secondary N) is 1. The molecule has 3 aromatic rings. The lowest BCUT2D eigenvalue weighted by molar-refractivity contribution is -0.118. The first-order valence-corrected chi connectivity index (χ1v) is 9.96. The van der Waals surface area contributed by atoms with Crippen LogP contribution in [0.4, 0.5) is 0 Å². The highest BCUT2D eigenvalue weighted by Gasteiger charge is 2.13. The van der Waals surface area contributed by atoms with Crippen molar-refractivity contribution in [2.75, 3.05) is 19.7 Å². The van der Waals surface area contributed by atoms with Gasteiger partial charge in [-0.05, 0) is 42.0 Å². The molecule has 1 aromatic heterocycles. The highest BCUT2D eigenvalue weighted by atomic mass is 32.2. The van der Waals surface area contributed by atoms with Crippen molar-refractivity contribution < 1.29 is 19.0 Å². The Hall–Kier alpha value is -3.26. The second kappa shape index (κ2) is 8.83. The molecular weight excluding hydrogens is 390 g/mol. The molecule has 8 heteroatoms. The van der Waals surface area contributed by atoms with Crippen molar-refractivity contribution in [2.45, 2.75) is 11.6 Å². The molecule has 0 unspecified atom stereocenters. The summed E-state index contributed by atoms with van der Waals surface area (Å²) in [5.74, 6) is 2.38. The molecule has 0 saturated heterocycles. The first-order valence-electron chi connectivity index (χ1n) is 8.97. The lowest BCUT2D eigenvalue weighted by Gasteiger charge is -2.07. The number of aromatic nitrogens is 2. The van der Waals surface area contributed by atoms with Crippen LogP contribution in [0.3, 0.4) is 0 Å². The van der Waals surface area contributed by atoms with Gasteiger partial charge >= 0.3 is 0 Å². The molecule has 0 spiro atoms. The first kappa shape index (κ1) is 19.1. The van der Waals surface area contributed by atoms with Crippen LogP contribution < -0.4 is 19.5 Å². The average Bonchev–Trinajstić information content (AvgIpc) is 3.24. The second-order valence-corrected chi connectivity index (χ2v) is 7.24. The molecule has 0 radical (unpaired) electrons. The third-order valence-electron chi connectivity index (χ3n) is 4.28. The number of hydrogen-bond acceptors (Lipinski definition) is 7. The maximum absolute atomic E-state index is 12.1. The van der Waals surface area contributed by atoms with Crippen molar-refractivity contribution in [1.82, 2.24) is 15.5 Å². The Morgan fingerprint density at radius 2 is 2.00 bits per heavy atom. The third-order valence-corrected chi connectivity index (χ3v) is 5.20. The van der Waals surface area contributed by atoms with Crippen LogP contribution in [0.2, 0.25) is 0 Å². The van der Waals surface area contributed by atoms with Crippen LogP contribution in [0.5, 0.6) is 17.2 Å². The van der Waals surface area contributed by atoms with Gasteiger partial charge in [-0.1, -0.05) is 30.0 Å². The van der Waals surface area contributed by atoms with Crippen molar-refractivity contribution in [3.63, 3.8) is 0 Å². The second-order valence-electron chi connectivity index (χ2n) is 6.24. The van der Waals surface area contributed by atoms with E-state index in [4.69, 9.17) is 14.2 Å². The normalized spacial score (nSPS) is 11.9. The van der Waals surface area contributed by atoms with Crippen LogP contribution in [0.25, 0.3) is 11.3 Å². The molecule has 1 aliphatic rings. The van der Waals surface area contributed by atoms with E-state index in [-0.39, 0.29) is 18.5 Å². The summed E-state index contributed by atoms with van der Waals surface area (Å²) in [6.07, 6.45) is 0. The van der Waals surface area contributed by atoms with Gasteiger partial charge in [0.25, 0.3) is 0 Å². The Kier molecular flexibility index (Phi) is 5.81. The van der Waals surface area contributed by atoms with Gasteiger partial charge in [-0.3, -0.25) is 4.79 Å². The number of amides is 1. The van der Waals surface area contributed by atoms with Crippen LogP contribution in [0.1, 0.15) is 5.56 Å². The molecule has 1 aliphatic heterocycles. The number of benzene rings is 2. The standard InChI is InChI=1S/C21H19N3O4S/c1-26-16-4-2-3-15(10-16)17-6-8-21(24-23-17)29-12-20(25)22-11-14-5-7-18-19(9-14)28-13-27-18/h2-10H,11-13H2,1H3,(H,22,25). The molecule has 0 aliphatic carbocycles. The highest BCUT2D eigenvalue weighted by Crippen LogP contribution is 2.32. The third kappa shape index (κ3) is 4.78. The summed E-state index contributed by atoms with van der Waals surface area (Å²) in [4.78, 5) is 12.1. The van der Waals surface area contributed by atoms with Gasteiger partial charge in [-0.15, -0.1) is 10.2 Å². The Bertz CT molecular complexity index is 1010. The molecule has 2 aromatic carbocycles. The number of nitrogens with zero attached hydrogens (tertiary/aromatic N) is 2. The smallest absolute Gasteiger partial charge is 0.231 e. The van der Waals surface area contributed by atoms with Crippen molar-refractivity contribution in [3.8, 4) is 28.5 Å². The van der Waals surface area contributed by atoms with Gasteiger partial charge in [0.2, 0.25) is 12.7 Å². The van der Waals surface area contributed by atoms with E-state index in [1.165, 1.54) is 11.8 Å². The van der Waals surface area contributed by atoms with E-state index in [9.17, 15) is 4.79 Å². The van der Waals surface area contributed by atoms with Crippen LogP contribution in [-0.4, -0.2) is 35.8 Å². The fourth-order valence-corrected chi connectivity index (χ4v) is 3.42. The first-order chi connectivity index (χ1) is 14.2. The maximum Gasteiger partial charge on any atom is 0.231 e. The van der Waals surface area contributed by atoms with E-state index < -0.39 is 0 Å². The minimum absolute atomic E-state index is 0.0775. The van der Waals surface area contributed by atoms with Crippen molar-refractivity contribution in [3.05, 3.63) is 60.2 Å². The molecule has 1 amide bonds. The summed E-state index contributed by atoms with van der Waals surface area (Å²) in [5, 5.41) is 12.0. The van der Waals surface area contributed by atoms with Gasteiger partial charge < -0.3 is 19.5 Å². The average molecular weight is 409 g/mol. The summed E-state index contributed by atoms with van der Waals surface area (Å²) in [6, 6.07) is 17.0. The fourth-order valence-electron chi connectivity index (χ4n) is 2.78. The number of fused-ring (bicyclic) bond motifs is 1. The summed E-state index contributed by atoms with van der Waals surface area (Å²) in [5.41, 5.74) is 2.63. The zero-order valence-electron chi connectivity index (χ0n) is 15.8. The zero-order chi connectivity index (χ0) is 20.1. The molecular formula is C21H19N3O4S. The number of hydrogen-bond donors (Lipinski definition) is 1. The van der Waals surface area contributed by atoms with Gasteiger partial charge in [0.05, 0.1) is 18.6 Å². The Labute approximate surface area is 172 Å². The van der Waals surface area contributed by atoms with Crippen molar-refractivity contribution in [2.24, 2.45) is 0 Å².